The van der Waals surface area contributed by atoms with Gasteiger partial charge in [0.15, 0.2) is 0 Å². The topological polar surface area (TPSA) is 41.0 Å². The van der Waals surface area contributed by atoms with Crippen LogP contribution in [0.4, 0.5) is 5.82 Å². The number of halogens is 4. The first-order valence-electron chi connectivity index (χ1n) is 7.13. The van der Waals surface area contributed by atoms with Gasteiger partial charge in [0, 0.05) is 41.9 Å². The molecule has 0 radical (unpaired) electrons. The van der Waals surface area contributed by atoms with Crippen LogP contribution in [0.15, 0.2) is 28.9 Å². The van der Waals surface area contributed by atoms with Crippen molar-refractivity contribution < 1.29 is 0 Å². The first kappa shape index (κ1) is 17.2. The molecule has 3 rings (SSSR count). The van der Waals surface area contributed by atoms with E-state index in [1.807, 2.05) is 12.1 Å². The van der Waals surface area contributed by atoms with Gasteiger partial charge in [0.2, 0.25) is 5.28 Å². The van der Waals surface area contributed by atoms with Crippen molar-refractivity contribution in [2.45, 2.75) is 19.0 Å². The molecule has 0 bridgehead atoms. The number of aromatic nitrogens is 2. The van der Waals surface area contributed by atoms with Crippen LogP contribution in [0.25, 0.3) is 0 Å². The highest BCUT2D eigenvalue weighted by Gasteiger charge is 2.25. The van der Waals surface area contributed by atoms with Crippen molar-refractivity contribution in [3.63, 3.8) is 0 Å². The van der Waals surface area contributed by atoms with E-state index in [-0.39, 0.29) is 5.28 Å². The summed E-state index contributed by atoms with van der Waals surface area (Å²) in [7, 11) is 0. The molecule has 4 nitrogen and oxygen atoms in total. The maximum absolute atomic E-state index is 6.21. The number of hydrogen-bond acceptors (Lipinski definition) is 4. The average Bonchev–Trinajstić information content (AvgIpc) is 2.97. The van der Waals surface area contributed by atoms with Crippen molar-refractivity contribution in [3.05, 3.63) is 49.8 Å². The van der Waals surface area contributed by atoms with Crippen molar-refractivity contribution in [2.75, 3.05) is 18.0 Å². The fourth-order valence-corrected chi connectivity index (χ4v) is 3.64. The van der Waals surface area contributed by atoms with Crippen molar-refractivity contribution in [1.82, 2.24) is 15.3 Å². The van der Waals surface area contributed by atoms with Crippen molar-refractivity contribution in [1.29, 1.82) is 0 Å². The molecule has 23 heavy (non-hydrogen) atoms. The van der Waals surface area contributed by atoms with Crippen LogP contribution in [0.3, 0.4) is 0 Å². The van der Waals surface area contributed by atoms with Crippen LogP contribution >= 0.6 is 50.7 Å². The number of anilines is 1. The molecule has 1 aliphatic heterocycles. The van der Waals surface area contributed by atoms with Crippen LogP contribution in [0.2, 0.25) is 15.3 Å². The minimum absolute atomic E-state index is 0.257. The Hall–Kier alpha value is -0.590. The third-order valence-corrected chi connectivity index (χ3v) is 5.11. The smallest absolute Gasteiger partial charge is 0.224 e. The molecule has 2 heterocycles. The highest BCUT2D eigenvalue weighted by Crippen LogP contribution is 2.27. The molecule has 1 fully saturated rings. The molecular weight excluding hydrogens is 422 g/mol. The Morgan fingerprint density at radius 2 is 2.13 bits per heavy atom. The van der Waals surface area contributed by atoms with Gasteiger partial charge in [-0.05, 0) is 51.6 Å². The Bertz CT molecular complexity index is 713. The Labute approximate surface area is 158 Å². The lowest BCUT2D eigenvalue weighted by Crippen LogP contribution is -2.32. The minimum Gasteiger partial charge on any atom is -0.354 e. The number of nitrogens with one attached hydrogen (secondary N) is 1. The van der Waals surface area contributed by atoms with E-state index < -0.39 is 0 Å². The molecule has 0 amide bonds. The first-order valence-corrected chi connectivity index (χ1v) is 9.06. The van der Waals surface area contributed by atoms with Crippen LogP contribution in [-0.2, 0) is 6.54 Å². The lowest BCUT2D eigenvalue weighted by Gasteiger charge is -2.19. The van der Waals surface area contributed by atoms with E-state index in [4.69, 9.17) is 34.8 Å². The quantitative estimate of drug-likeness (QED) is 0.713. The second kappa shape index (κ2) is 7.53. The molecule has 1 unspecified atom stereocenters. The molecule has 1 aliphatic rings. The average molecular weight is 437 g/mol. The summed E-state index contributed by atoms with van der Waals surface area (Å²) in [5.41, 5.74) is 1.04. The van der Waals surface area contributed by atoms with E-state index >= 15 is 0 Å². The summed E-state index contributed by atoms with van der Waals surface area (Å²) < 4.78 is 0.850. The van der Waals surface area contributed by atoms with Gasteiger partial charge in [-0.1, -0.05) is 29.3 Å². The summed E-state index contributed by atoms with van der Waals surface area (Å²) in [6.45, 7) is 2.48. The van der Waals surface area contributed by atoms with Gasteiger partial charge in [-0.15, -0.1) is 0 Å². The Morgan fingerprint density at radius 1 is 1.30 bits per heavy atom. The van der Waals surface area contributed by atoms with Gasteiger partial charge in [0.05, 0.1) is 4.47 Å². The molecule has 1 aromatic heterocycles. The number of benzene rings is 1. The Kier molecular flexibility index (Phi) is 5.65. The predicted octanol–water partition coefficient (Wildman–Crippen LogP) is 4.57. The van der Waals surface area contributed by atoms with E-state index in [0.29, 0.717) is 22.6 Å². The molecule has 1 saturated heterocycles. The van der Waals surface area contributed by atoms with Gasteiger partial charge in [-0.3, -0.25) is 0 Å². The fourth-order valence-electron chi connectivity index (χ4n) is 2.60. The predicted molar refractivity (Wildman–Crippen MR) is 98.7 cm³/mol. The van der Waals surface area contributed by atoms with Crippen LogP contribution in [0, 0.1) is 0 Å². The van der Waals surface area contributed by atoms with Crippen LogP contribution in [0.1, 0.15) is 12.0 Å². The summed E-state index contributed by atoms with van der Waals surface area (Å²) in [6, 6.07) is 5.93. The Morgan fingerprint density at radius 3 is 2.91 bits per heavy atom. The summed E-state index contributed by atoms with van der Waals surface area (Å²) in [5, 5.41) is 5.12. The normalized spacial score (nSPS) is 17.7. The molecular formula is C15H14BrCl3N4. The molecule has 1 aromatic carbocycles. The zero-order valence-electron chi connectivity index (χ0n) is 12.1. The fraction of sp³-hybridized carbons (Fsp3) is 0.333. The van der Waals surface area contributed by atoms with Gasteiger partial charge in [-0.25, -0.2) is 4.98 Å². The summed E-state index contributed by atoms with van der Waals surface area (Å²) in [4.78, 5) is 10.5. The zero-order valence-corrected chi connectivity index (χ0v) is 15.9. The highest BCUT2D eigenvalue weighted by molar-refractivity contribution is 9.10. The lowest BCUT2D eigenvalue weighted by molar-refractivity contribution is 0.551. The summed E-state index contributed by atoms with van der Waals surface area (Å²) >= 11 is 21.5. The third kappa shape index (κ3) is 4.28. The minimum atomic E-state index is 0.257. The van der Waals surface area contributed by atoms with E-state index in [2.05, 4.69) is 36.1 Å². The van der Waals surface area contributed by atoms with E-state index in [1.54, 1.807) is 12.3 Å². The summed E-state index contributed by atoms with van der Waals surface area (Å²) in [5.74, 6) is 0.832. The molecule has 1 atom stereocenters. The van der Waals surface area contributed by atoms with Crippen LogP contribution < -0.4 is 10.2 Å². The van der Waals surface area contributed by atoms with Crippen LogP contribution in [0.5, 0.6) is 0 Å². The monoisotopic (exact) mass is 434 g/mol. The molecule has 122 valence electrons. The molecule has 0 spiro atoms. The highest BCUT2D eigenvalue weighted by atomic mass is 79.9. The maximum atomic E-state index is 6.21. The second-order valence-corrected chi connectivity index (χ2v) is 7.39. The number of rotatable bonds is 4. The number of nitrogens with zero attached hydrogens (tertiary/aromatic N) is 3. The maximum Gasteiger partial charge on any atom is 0.224 e. The van der Waals surface area contributed by atoms with Crippen molar-refractivity contribution >= 4 is 56.6 Å². The van der Waals surface area contributed by atoms with E-state index in [1.165, 1.54) is 0 Å². The lowest BCUT2D eigenvalue weighted by atomic mass is 10.2. The standard InChI is InChI=1S/C15H14BrCl3N4/c16-12-7-21-15(19)22-14(12)23-4-3-11(8-23)20-6-9-1-2-10(17)5-13(9)18/h1-2,5,7,11,20H,3-4,6,8H2. The SMILES string of the molecule is Clc1ccc(CNC2CCN(c3nc(Cl)ncc3Br)C2)c(Cl)c1. The molecule has 8 heteroatoms. The third-order valence-electron chi connectivity index (χ3n) is 3.78. The van der Waals surface area contributed by atoms with E-state index in [9.17, 15) is 0 Å². The molecule has 2 aromatic rings. The van der Waals surface area contributed by atoms with Crippen LogP contribution in [-0.4, -0.2) is 29.1 Å². The number of hydrogen-bond donors (Lipinski definition) is 1. The molecule has 0 saturated carbocycles. The largest absolute Gasteiger partial charge is 0.354 e. The first-order chi connectivity index (χ1) is 11.0. The molecule has 1 N–H and O–H groups in total. The van der Waals surface area contributed by atoms with Gasteiger partial charge in [0.1, 0.15) is 5.82 Å². The van der Waals surface area contributed by atoms with Gasteiger partial charge in [-0.2, -0.15) is 4.98 Å². The zero-order chi connectivity index (χ0) is 16.4. The van der Waals surface area contributed by atoms with Gasteiger partial charge in [0.25, 0.3) is 0 Å². The van der Waals surface area contributed by atoms with Crippen molar-refractivity contribution in [3.8, 4) is 0 Å². The van der Waals surface area contributed by atoms with Gasteiger partial charge < -0.3 is 10.2 Å². The Balaban J connectivity index is 1.61. The van der Waals surface area contributed by atoms with E-state index in [0.717, 1.165) is 35.4 Å². The van der Waals surface area contributed by atoms with Gasteiger partial charge >= 0.3 is 0 Å². The summed E-state index contributed by atoms with van der Waals surface area (Å²) in [6.07, 6.45) is 2.71. The van der Waals surface area contributed by atoms with Crippen molar-refractivity contribution in [2.24, 2.45) is 0 Å². The second-order valence-electron chi connectivity index (χ2n) is 5.36. The molecule has 0 aliphatic carbocycles.